The van der Waals surface area contributed by atoms with Crippen molar-refractivity contribution < 1.29 is 13.5 Å². The second-order valence-electron chi connectivity index (χ2n) is 11.6. The predicted molar refractivity (Wildman–Crippen MR) is 149 cm³/mol. The summed E-state index contributed by atoms with van der Waals surface area (Å²) in [6.45, 7) is 3.05. The summed E-state index contributed by atoms with van der Waals surface area (Å²) in [5, 5.41) is 3.44. The molecule has 4 aliphatic rings. The molecule has 5 heterocycles. The van der Waals surface area contributed by atoms with Gasteiger partial charge in [0.15, 0.2) is 5.13 Å². The van der Waals surface area contributed by atoms with E-state index < -0.39 is 5.92 Å². The number of nitrogens with one attached hydrogen (secondary N) is 1. The van der Waals surface area contributed by atoms with Crippen molar-refractivity contribution in [2.45, 2.75) is 62.3 Å². The Morgan fingerprint density at radius 2 is 1.97 bits per heavy atom. The third-order valence-corrected chi connectivity index (χ3v) is 9.93. The van der Waals surface area contributed by atoms with Gasteiger partial charge in [-0.05, 0) is 75.6 Å². The van der Waals surface area contributed by atoms with E-state index in [0.29, 0.717) is 43.1 Å². The molecule has 39 heavy (non-hydrogen) atoms. The van der Waals surface area contributed by atoms with Crippen molar-refractivity contribution in [2.24, 2.45) is 0 Å². The Morgan fingerprint density at radius 3 is 2.82 bits per heavy atom. The van der Waals surface area contributed by atoms with Crippen LogP contribution in [0, 0.1) is 0 Å². The lowest BCUT2D eigenvalue weighted by Gasteiger charge is -2.33. The Morgan fingerprint density at radius 1 is 1.13 bits per heavy atom. The highest BCUT2D eigenvalue weighted by Gasteiger charge is 2.45. The Balaban J connectivity index is 1.23. The lowest BCUT2D eigenvalue weighted by atomic mass is 9.82. The van der Waals surface area contributed by atoms with Gasteiger partial charge in [-0.2, -0.15) is 9.97 Å². The summed E-state index contributed by atoms with van der Waals surface area (Å²) < 4.78 is 36.8. The quantitative estimate of drug-likeness (QED) is 0.488. The number of fused-ring (bicyclic) bond motifs is 3. The van der Waals surface area contributed by atoms with E-state index in [1.165, 1.54) is 29.7 Å². The van der Waals surface area contributed by atoms with Crippen LogP contribution in [0.15, 0.2) is 18.2 Å². The van der Waals surface area contributed by atoms with Crippen LogP contribution in [0.25, 0.3) is 10.2 Å². The molecule has 1 atom stereocenters. The van der Waals surface area contributed by atoms with Gasteiger partial charge in [0.2, 0.25) is 0 Å². The van der Waals surface area contributed by atoms with Crippen LogP contribution in [-0.2, 0) is 12.8 Å². The van der Waals surface area contributed by atoms with Gasteiger partial charge in [0.1, 0.15) is 12.4 Å². The Kier molecular flexibility index (Phi) is 6.35. The maximum atomic E-state index is 14.7. The molecule has 0 saturated carbocycles. The maximum Gasteiger partial charge on any atom is 0.318 e. The summed E-state index contributed by atoms with van der Waals surface area (Å²) in [7, 11) is 0. The molecule has 3 fully saturated rings. The van der Waals surface area contributed by atoms with Crippen LogP contribution in [0.1, 0.15) is 54.8 Å². The maximum absolute atomic E-state index is 14.7. The Labute approximate surface area is 231 Å². The van der Waals surface area contributed by atoms with Gasteiger partial charge in [-0.25, -0.2) is 13.8 Å². The van der Waals surface area contributed by atoms with E-state index in [2.05, 4.69) is 33.4 Å². The van der Waals surface area contributed by atoms with Crippen LogP contribution in [0.3, 0.4) is 0 Å². The molecule has 208 valence electrons. The fourth-order valence-electron chi connectivity index (χ4n) is 7.22. The molecular formula is C28H35F2N7OS. The third-order valence-electron chi connectivity index (χ3n) is 9.08. The number of anilines is 2. The van der Waals surface area contributed by atoms with Gasteiger partial charge in [0.25, 0.3) is 5.92 Å². The molecule has 3 N–H and O–H groups in total. The number of thiazole rings is 1. The van der Waals surface area contributed by atoms with Gasteiger partial charge in [-0.1, -0.05) is 23.5 Å². The molecule has 3 saturated heterocycles. The molecule has 8 nitrogen and oxygen atoms in total. The molecular weight excluding hydrogens is 520 g/mol. The number of nitrogen functional groups attached to an aromatic ring is 1. The summed E-state index contributed by atoms with van der Waals surface area (Å²) in [4.78, 5) is 18.7. The van der Waals surface area contributed by atoms with Crippen LogP contribution in [0.2, 0.25) is 0 Å². The fraction of sp³-hybridized carbons (Fsp3) is 0.607. The van der Waals surface area contributed by atoms with Crippen LogP contribution < -0.4 is 20.7 Å². The van der Waals surface area contributed by atoms with Crippen molar-refractivity contribution in [3.8, 4) is 6.01 Å². The molecule has 1 unspecified atom stereocenters. The van der Waals surface area contributed by atoms with Crippen molar-refractivity contribution in [3.05, 3.63) is 35.0 Å². The third kappa shape index (κ3) is 4.72. The van der Waals surface area contributed by atoms with Crippen molar-refractivity contribution >= 4 is 32.5 Å². The highest BCUT2D eigenvalue weighted by Crippen LogP contribution is 2.42. The number of hydrogen-bond donors (Lipinski definition) is 2. The van der Waals surface area contributed by atoms with Crippen LogP contribution in [0.4, 0.5) is 19.7 Å². The predicted octanol–water partition coefficient (Wildman–Crippen LogP) is 3.99. The largest absolute Gasteiger partial charge is 0.461 e. The minimum Gasteiger partial charge on any atom is -0.461 e. The molecule has 0 spiro atoms. The monoisotopic (exact) mass is 555 g/mol. The zero-order valence-corrected chi connectivity index (χ0v) is 22.9. The molecule has 1 aliphatic carbocycles. The van der Waals surface area contributed by atoms with Gasteiger partial charge in [-0.3, -0.25) is 4.90 Å². The summed E-state index contributed by atoms with van der Waals surface area (Å²) in [6.07, 6.45) is 6.90. The lowest BCUT2D eigenvalue weighted by Crippen LogP contribution is -2.43. The van der Waals surface area contributed by atoms with Crippen LogP contribution >= 0.6 is 11.3 Å². The second-order valence-corrected chi connectivity index (χ2v) is 12.7. The first-order chi connectivity index (χ1) is 18.9. The molecule has 1 aromatic carbocycles. The zero-order valence-electron chi connectivity index (χ0n) is 22.1. The number of para-hydroxylation sites is 1. The molecule has 3 aromatic rings. The van der Waals surface area contributed by atoms with Gasteiger partial charge in [0.05, 0.1) is 34.5 Å². The number of alkyl halides is 2. The summed E-state index contributed by atoms with van der Waals surface area (Å²) >= 11 is 1.50. The second kappa shape index (κ2) is 9.78. The van der Waals surface area contributed by atoms with E-state index >= 15 is 0 Å². The number of halogens is 2. The van der Waals surface area contributed by atoms with Gasteiger partial charge >= 0.3 is 6.01 Å². The first kappa shape index (κ1) is 25.3. The molecule has 3 aliphatic heterocycles. The number of nitrogens with two attached hydrogens (primary N) is 1. The van der Waals surface area contributed by atoms with Gasteiger partial charge in [0, 0.05) is 18.7 Å². The Hall–Kier alpha value is -2.63. The number of aromatic nitrogens is 3. The average Bonchev–Trinajstić information content (AvgIpc) is 3.57. The van der Waals surface area contributed by atoms with Crippen LogP contribution in [0.5, 0.6) is 6.01 Å². The van der Waals surface area contributed by atoms with E-state index in [-0.39, 0.29) is 24.5 Å². The lowest BCUT2D eigenvalue weighted by molar-refractivity contribution is 0.0155. The molecule has 2 aromatic heterocycles. The summed E-state index contributed by atoms with van der Waals surface area (Å²) in [5.74, 6) is -2.01. The van der Waals surface area contributed by atoms with Gasteiger partial charge < -0.3 is 20.7 Å². The standard InChI is InChI=1S/C28H35F2N7OS/c29-28(30)15-32-10-13-36(16-28)24-20-7-6-18(19-4-1-5-22-23(19)34-25(31)39-22)14-21(20)33-26(35-24)38-17-27-8-2-11-37(27)12-3-9-27/h1,4-5,18,32H,2-3,6-17H2,(H2,31,34). The van der Waals surface area contributed by atoms with E-state index in [9.17, 15) is 8.78 Å². The van der Waals surface area contributed by atoms with E-state index in [0.717, 1.165) is 60.2 Å². The topological polar surface area (TPSA) is 92.4 Å². The van der Waals surface area contributed by atoms with Crippen molar-refractivity contribution in [1.29, 1.82) is 0 Å². The Bertz CT molecular complexity index is 1370. The molecule has 0 bridgehead atoms. The normalized spacial score (nSPS) is 24.5. The van der Waals surface area contributed by atoms with E-state index in [4.69, 9.17) is 20.4 Å². The first-order valence-electron chi connectivity index (χ1n) is 14.2. The van der Waals surface area contributed by atoms with Crippen LogP contribution in [-0.4, -0.2) is 77.2 Å². The smallest absolute Gasteiger partial charge is 0.318 e. The molecule has 0 amide bonds. The highest BCUT2D eigenvalue weighted by atomic mass is 32.1. The number of benzene rings is 1. The average molecular weight is 556 g/mol. The molecule has 7 rings (SSSR count). The van der Waals surface area contributed by atoms with E-state index in [1.54, 1.807) is 4.90 Å². The minimum absolute atomic E-state index is 0.0573. The minimum atomic E-state index is -2.83. The van der Waals surface area contributed by atoms with Crippen molar-refractivity contribution in [3.63, 3.8) is 0 Å². The number of hydrogen-bond acceptors (Lipinski definition) is 9. The highest BCUT2D eigenvalue weighted by molar-refractivity contribution is 7.22. The summed E-state index contributed by atoms with van der Waals surface area (Å²) in [6, 6.07) is 6.56. The van der Waals surface area contributed by atoms with Crippen molar-refractivity contribution in [1.82, 2.24) is 25.2 Å². The first-order valence-corrected chi connectivity index (χ1v) is 15.0. The van der Waals surface area contributed by atoms with E-state index in [1.807, 2.05) is 0 Å². The molecule has 0 radical (unpaired) electrons. The molecule has 11 heteroatoms. The summed E-state index contributed by atoms with van der Waals surface area (Å²) in [5.41, 5.74) is 10.1. The van der Waals surface area contributed by atoms with Gasteiger partial charge in [-0.15, -0.1) is 0 Å². The fourth-order valence-corrected chi connectivity index (χ4v) is 7.99. The zero-order chi connectivity index (χ0) is 26.6. The number of rotatable bonds is 5. The number of nitrogens with zero attached hydrogens (tertiary/aromatic N) is 5. The number of ether oxygens (including phenoxy) is 1. The SMILES string of the molecule is Nc1nc2c(C3CCc4c(nc(OCC56CCCN5CCC6)nc4N4CCNCC(F)(F)C4)C3)cccc2s1. The van der Waals surface area contributed by atoms with Crippen molar-refractivity contribution in [2.75, 3.05) is 56.5 Å².